The molecular formula is C21H25FN3OS+. The number of nitrogens with one attached hydrogen (secondary N) is 1. The van der Waals surface area contributed by atoms with Crippen LogP contribution in [-0.4, -0.2) is 38.1 Å². The highest BCUT2D eigenvalue weighted by molar-refractivity contribution is 7.22. The third-order valence-electron chi connectivity index (χ3n) is 4.44. The number of carbonyl (C=O) groups is 1. The van der Waals surface area contributed by atoms with E-state index in [1.165, 1.54) is 28.2 Å². The number of amides is 1. The Morgan fingerprint density at radius 2 is 1.89 bits per heavy atom. The van der Waals surface area contributed by atoms with Gasteiger partial charge in [-0.05, 0) is 48.7 Å². The summed E-state index contributed by atoms with van der Waals surface area (Å²) >= 11 is 1.56. The Balaban J connectivity index is 1.91. The minimum Gasteiger partial charge on any atom is -0.338 e. The second-order valence-corrected chi connectivity index (χ2v) is 8.21. The molecule has 1 heterocycles. The molecule has 0 spiro atoms. The zero-order chi connectivity index (χ0) is 19.6. The van der Waals surface area contributed by atoms with Crippen LogP contribution < -0.4 is 9.80 Å². The summed E-state index contributed by atoms with van der Waals surface area (Å²) in [6.45, 7) is 5.55. The molecule has 27 heavy (non-hydrogen) atoms. The Bertz CT molecular complexity index is 950. The Kier molecular flexibility index (Phi) is 5.87. The van der Waals surface area contributed by atoms with Crippen molar-refractivity contribution in [3.05, 3.63) is 58.9 Å². The van der Waals surface area contributed by atoms with Gasteiger partial charge in [-0.3, -0.25) is 9.69 Å². The number of benzene rings is 2. The summed E-state index contributed by atoms with van der Waals surface area (Å²) in [4.78, 5) is 20.8. The van der Waals surface area contributed by atoms with Crippen LogP contribution in [0.5, 0.6) is 0 Å². The smallest absolute Gasteiger partial charge is 0.233 e. The fraction of sp³-hybridized carbons (Fsp3) is 0.333. The summed E-state index contributed by atoms with van der Waals surface area (Å²) in [5.41, 5.74) is 4.08. The Labute approximate surface area is 163 Å². The molecule has 3 rings (SSSR count). The van der Waals surface area contributed by atoms with Crippen molar-refractivity contribution in [2.24, 2.45) is 0 Å². The van der Waals surface area contributed by atoms with E-state index in [-0.39, 0.29) is 18.1 Å². The number of thiazole rings is 1. The van der Waals surface area contributed by atoms with E-state index in [2.05, 4.69) is 40.1 Å². The standard InChI is InChI=1S/C21H24FN3OS/c1-14-11-15(2)20-18(12-14)23-21(27-20)25(10-9-24(3)4)19(26)13-16-5-7-17(22)8-6-16/h5-8,11-12H,9-10,13H2,1-4H3/p+1. The monoisotopic (exact) mass is 386 g/mol. The van der Waals surface area contributed by atoms with E-state index in [0.29, 0.717) is 6.54 Å². The van der Waals surface area contributed by atoms with Gasteiger partial charge in [-0.1, -0.05) is 29.5 Å². The molecule has 0 aliphatic heterocycles. The fourth-order valence-corrected chi connectivity index (χ4v) is 4.07. The van der Waals surface area contributed by atoms with Crippen LogP contribution in [0, 0.1) is 19.7 Å². The van der Waals surface area contributed by atoms with Crippen LogP contribution in [0.3, 0.4) is 0 Å². The van der Waals surface area contributed by atoms with Crippen molar-refractivity contribution in [1.29, 1.82) is 0 Å². The first-order valence-electron chi connectivity index (χ1n) is 9.05. The molecule has 0 bridgehead atoms. The number of hydrogen-bond donors (Lipinski definition) is 1. The summed E-state index contributed by atoms with van der Waals surface area (Å²) < 4.78 is 14.3. The average molecular weight is 387 g/mol. The molecule has 0 radical (unpaired) electrons. The van der Waals surface area contributed by atoms with Crippen molar-refractivity contribution in [3.63, 3.8) is 0 Å². The molecule has 0 aliphatic rings. The lowest BCUT2D eigenvalue weighted by molar-refractivity contribution is -0.856. The zero-order valence-electron chi connectivity index (χ0n) is 16.2. The Morgan fingerprint density at radius 1 is 1.19 bits per heavy atom. The van der Waals surface area contributed by atoms with E-state index >= 15 is 0 Å². The zero-order valence-corrected chi connectivity index (χ0v) is 17.0. The summed E-state index contributed by atoms with van der Waals surface area (Å²) in [5, 5.41) is 0.729. The van der Waals surface area contributed by atoms with E-state index < -0.39 is 0 Å². The number of anilines is 1. The van der Waals surface area contributed by atoms with Crippen molar-refractivity contribution in [3.8, 4) is 0 Å². The number of quaternary nitrogens is 1. The third kappa shape index (κ3) is 4.70. The maximum atomic E-state index is 13.1. The van der Waals surface area contributed by atoms with Gasteiger partial charge in [0.1, 0.15) is 5.82 Å². The fourth-order valence-electron chi connectivity index (χ4n) is 3.02. The molecule has 0 atom stereocenters. The van der Waals surface area contributed by atoms with Gasteiger partial charge in [0.15, 0.2) is 5.13 Å². The first kappa shape index (κ1) is 19.5. The summed E-state index contributed by atoms with van der Waals surface area (Å²) in [5.74, 6) is -0.312. The van der Waals surface area contributed by atoms with Gasteiger partial charge in [0.25, 0.3) is 0 Å². The number of rotatable bonds is 6. The summed E-state index contributed by atoms with van der Waals surface area (Å²) in [6, 6.07) is 10.3. The van der Waals surface area contributed by atoms with Gasteiger partial charge in [0, 0.05) is 0 Å². The van der Waals surface area contributed by atoms with Crippen molar-refractivity contribution in [2.75, 3.05) is 32.1 Å². The minimum absolute atomic E-state index is 0.0173. The van der Waals surface area contributed by atoms with Gasteiger partial charge in [-0.15, -0.1) is 0 Å². The number of aryl methyl sites for hydroxylation is 2. The SMILES string of the molecule is Cc1cc(C)c2sc(N(CC[NH+](C)C)C(=O)Cc3ccc(F)cc3)nc2c1. The lowest BCUT2D eigenvalue weighted by Crippen LogP contribution is -3.06. The van der Waals surface area contributed by atoms with Crippen molar-refractivity contribution >= 4 is 32.6 Å². The third-order valence-corrected chi connectivity index (χ3v) is 5.67. The highest BCUT2D eigenvalue weighted by atomic mass is 32.1. The van der Waals surface area contributed by atoms with E-state index in [1.807, 2.05) is 0 Å². The lowest BCUT2D eigenvalue weighted by Gasteiger charge is -2.20. The molecule has 0 saturated heterocycles. The summed E-state index contributed by atoms with van der Waals surface area (Å²) in [6.07, 6.45) is 0.233. The Morgan fingerprint density at radius 3 is 2.56 bits per heavy atom. The van der Waals surface area contributed by atoms with Gasteiger partial charge >= 0.3 is 0 Å². The minimum atomic E-state index is -0.295. The van der Waals surface area contributed by atoms with Gasteiger partial charge in [0.05, 0.1) is 43.8 Å². The number of carbonyl (C=O) groups excluding carboxylic acids is 1. The molecule has 1 aromatic heterocycles. The molecule has 0 saturated carbocycles. The van der Waals surface area contributed by atoms with E-state index in [9.17, 15) is 9.18 Å². The molecular weight excluding hydrogens is 361 g/mol. The molecule has 0 unspecified atom stereocenters. The van der Waals surface area contributed by atoms with E-state index in [1.54, 1.807) is 28.4 Å². The average Bonchev–Trinajstić information content (AvgIpc) is 3.00. The van der Waals surface area contributed by atoms with Gasteiger partial charge < -0.3 is 4.90 Å². The molecule has 1 amide bonds. The number of nitrogens with zero attached hydrogens (tertiary/aromatic N) is 2. The second kappa shape index (κ2) is 8.15. The Hall–Kier alpha value is -2.31. The number of likely N-dealkylation sites (N-methyl/N-ethyl adjacent to an activating group) is 1. The summed E-state index contributed by atoms with van der Waals surface area (Å²) in [7, 11) is 4.13. The largest absolute Gasteiger partial charge is 0.338 e. The molecule has 0 fully saturated rings. The molecule has 3 aromatic rings. The molecule has 2 aromatic carbocycles. The van der Waals surface area contributed by atoms with Crippen molar-refractivity contribution < 1.29 is 14.1 Å². The first-order chi connectivity index (χ1) is 12.8. The number of hydrogen-bond acceptors (Lipinski definition) is 3. The number of halogens is 1. The van der Waals surface area contributed by atoms with E-state index in [0.717, 1.165) is 27.5 Å². The van der Waals surface area contributed by atoms with Crippen molar-refractivity contribution in [2.45, 2.75) is 20.3 Å². The first-order valence-corrected chi connectivity index (χ1v) is 9.87. The van der Waals surface area contributed by atoms with Gasteiger partial charge in [-0.2, -0.15) is 0 Å². The molecule has 6 heteroatoms. The maximum Gasteiger partial charge on any atom is 0.233 e. The second-order valence-electron chi connectivity index (χ2n) is 7.23. The molecule has 4 nitrogen and oxygen atoms in total. The van der Waals surface area contributed by atoms with Crippen LogP contribution in [0.2, 0.25) is 0 Å². The topological polar surface area (TPSA) is 37.6 Å². The van der Waals surface area contributed by atoms with Crippen LogP contribution in [0.1, 0.15) is 16.7 Å². The molecule has 0 aliphatic carbocycles. The van der Waals surface area contributed by atoms with E-state index in [4.69, 9.17) is 4.98 Å². The van der Waals surface area contributed by atoms with Crippen LogP contribution >= 0.6 is 11.3 Å². The maximum absolute atomic E-state index is 13.1. The van der Waals surface area contributed by atoms with Crippen LogP contribution in [-0.2, 0) is 11.2 Å². The highest BCUT2D eigenvalue weighted by Crippen LogP contribution is 2.32. The number of fused-ring (bicyclic) bond motifs is 1. The highest BCUT2D eigenvalue weighted by Gasteiger charge is 2.21. The number of aromatic nitrogens is 1. The van der Waals surface area contributed by atoms with Crippen LogP contribution in [0.25, 0.3) is 10.2 Å². The predicted molar refractivity (Wildman–Crippen MR) is 109 cm³/mol. The molecule has 142 valence electrons. The lowest BCUT2D eigenvalue weighted by atomic mass is 10.1. The van der Waals surface area contributed by atoms with Crippen LogP contribution in [0.4, 0.5) is 9.52 Å². The van der Waals surface area contributed by atoms with Gasteiger partial charge in [0.2, 0.25) is 5.91 Å². The quantitative estimate of drug-likeness (QED) is 0.707. The molecule has 1 N–H and O–H groups in total. The van der Waals surface area contributed by atoms with Gasteiger partial charge in [-0.25, -0.2) is 9.37 Å². The normalized spacial score (nSPS) is 11.3. The predicted octanol–water partition coefficient (Wildman–Crippen LogP) is 2.77. The van der Waals surface area contributed by atoms with Crippen molar-refractivity contribution in [1.82, 2.24) is 4.98 Å². The van der Waals surface area contributed by atoms with Crippen LogP contribution in [0.15, 0.2) is 36.4 Å².